The van der Waals surface area contributed by atoms with E-state index in [1.165, 1.54) is 19.1 Å². The Morgan fingerprint density at radius 1 is 1.41 bits per heavy atom. The Morgan fingerprint density at radius 2 is 2.18 bits per heavy atom. The van der Waals surface area contributed by atoms with E-state index in [2.05, 4.69) is 11.8 Å². The van der Waals surface area contributed by atoms with Crippen LogP contribution in [0.2, 0.25) is 0 Å². The molecule has 0 saturated carbocycles. The molecule has 6 nitrogen and oxygen atoms in total. The number of nitro groups is 1. The maximum absolute atomic E-state index is 12.1. The standard InChI is InChI=1S/C16H19N3O3/c1-3-7-17-8-6-14-13-5-4-12(19(21)22)9-15(13)18(11(2)20)16(14)10-17/h4-5,9H,3,6-8,10H2,1-2H3. The zero-order valence-corrected chi connectivity index (χ0v) is 12.8. The second kappa shape index (κ2) is 5.53. The fraction of sp³-hybridized carbons (Fsp3) is 0.438. The zero-order valence-electron chi connectivity index (χ0n) is 12.8. The van der Waals surface area contributed by atoms with Crippen molar-refractivity contribution in [3.63, 3.8) is 0 Å². The van der Waals surface area contributed by atoms with Crippen molar-refractivity contribution in [2.45, 2.75) is 33.2 Å². The Kier molecular flexibility index (Phi) is 3.70. The summed E-state index contributed by atoms with van der Waals surface area (Å²) in [7, 11) is 0. The van der Waals surface area contributed by atoms with Crippen LogP contribution >= 0.6 is 0 Å². The van der Waals surface area contributed by atoms with Gasteiger partial charge in [0.1, 0.15) is 0 Å². The molecule has 116 valence electrons. The van der Waals surface area contributed by atoms with Crippen molar-refractivity contribution in [2.75, 3.05) is 13.1 Å². The van der Waals surface area contributed by atoms with Crippen LogP contribution in [-0.2, 0) is 13.0 Å². The van der Waals surface area contributed by atoms with Gasteiger partial charge in [0.2, 0.25) is 5.91 Å². The molecule has 0 saturated heterocycles. The maximum Gasteiger partial charge on any atom is 0.271 e. The van der Waals surface area contributed by atoms with Gasteiger partial charge in [-0.05, 0) is 31.0 Å². The number of benzene rings is 1. The minimum absolute atomic E-state index is 0.0234. The Hall–Kier alpha value is -2.21. The molecule has 1 aliphatic heterocycles. The number of fused-ring (bicyclic) bond motifs is 3. The van der Waals surface area contributed by atoms with Crippen molar-refractivity contribution in [2.24, 2.45) is 0 Å². The van der Waals surface area contributed by atoms with Crippen molar-refractivity contribution >= 4 is 22.5 Å². The number of rotatable bonds is 3. The molecule has 3 rings (SSSR count). The zero-order chi connectivity index (χ0) is 15.9. The second-order valence-electron chi connectivity index (χ2n) is 5.76. The molecule has 0 N–H and O–H groups in total. The van der Waals surface area contributed by atoms with Crippen LogP contribution in [0.3, 0.4) is 0 Å². The molecular formula is C16H19N3O3. The molecule has 0 spiro atoms. The summed E-state index contributed by atoms with van der Waals surface area (Å²) in [6, 6.07) is 4.81. The summed E-state index contributed by atoms with van der Waals surface area (Å²) in [6.45, 7) is 6.34. The van der Waals surface area contributed by atoms with Crippen LogP contribution in [0, 0.1) is 10.1 Å². The van der Waals surface area contributed by atoms with Crippen LogP contribution in [-0.4, -0.2) is 33.4 Å². The van der Waals surface area contributed by atoms with Crippen LogP contribution in [0.1, 0.15) is 36.3 Å². The van der Waals surface area contributed by atoms with Gasteiger partial charge in [-0.15, -0.1) is 0 Å². The van der Waals surface area contributed by atoms with Crippen LogP contribution in [0.15, 0.2) is 18.2 Å². The predicted molar refractivity (Wildman–Crippen MR) is 84.2 cm³/mol. The van der Waals surface area contributed by atoms with Gasteiger partial charge in [0, 0.05) is 43.2 Å². The predicted octanol–water partition coefficient (Wildman–Crippen LogP) is 2.98. The van der Waals surface area contributed by atoms with E-state index >= 15 is 0 Å². The van der Waals surface area contributed by atoms with E-state index in [0.717, 1.165) is 49.1 Å². The second-order valence-corrected chi connectivity index (χ2v) is 5.76. The van der Waals surface area contributed by atoms with Gasteiger partial charge in [0.05, 0.1) is 10.4 Å². The molecule has 0 bridgehead atoms. The molecule has 2 aromatic rings. The van der Waals surface area contributed by atoms with Crippen molar-refractivity contribution in [3.8, 4) is 0 Å². The third-order valence-electron chi connectivity index (χ3n) is 4.28. The summed E-state index contributed by atoms with van der Waals surface area (Å²) in [5.74, 6) is -0.0925. The topological polar surface area (TPSA) is 68.4 Å². The van der Waals surface area contributed by atoms with Gasteiger partial charge in [-0.2, -0.15) is 0 Å². The number of non-ortho nitro benzene ring substituents is 1. The first-order valence-corrected chi connectivity index (χ1v) is 7.56. The lowest BCUT2D eigenvalue weighted by Crippen LogP contribution is -2.32. The first kappa shape index (κ1) is 14.7. The quantitative estimate of drug-likeness (QED) is 0.645. The summed E-state index contributed by atoms with van der Waals surface area (Å²) < 4.78 is 1.65. The summed E-state index contributed by atoms with van der Waals surface area (Å²) in [5, 5.41) is 12.0. The molecule has 6 heteroatoms. The summed E-state index contributed by atoms with van der Waals surface area (Å²) in [5.41, 5.74) is 2.83. The minimum atomic E-state index is -0.417. The number of hydrogen-bond donors (Lipinski definition) is 0. The maximum atomic E-state index is 12.1. The number of nitrogens with zero attached hydrogens (tertiary/aromatic N) is 3. The van der Waals surface area contributed by atoms with Crippen molar-refractivity contribution in [3.05, 3.63) is 39.6 Å². The molecule has 2 heterocycles. The number of nitro benzene ring substituents is 1. The van der Waals surface area contributed by atoms with Gasteiger partial charge in [0.25, 0.3) is 5.69 Å². The van der Waals surface area contributed by atoms with E-state index in [-0.39, 0.29) is 11.6 Å². The van der Waals surface area contributed by atoms with E-state index in [0.29, 0.717) is 5.52 Å². The fourth-order valence-electron chi connectivity index (χ4n) is 3.38. The van der Waals surface area contributed by atoms with Gasteiger partial charge in [0.15, 0.2) is 0 Å². The molecule has 0 unspecified atom stereocenters. The van der Waals surface area contributed by atoms with Crippen LogP contribution < -0.4 is 0 Å². The van der Waals surface area contributed by atoms with Crippen LogP contribution in [0.25, 0.3) is 10.9 Å². The first-order valence-electron chi connectivity index (χ1n) is 7.56. The first-order chi connectivity index (χ1) is 10.5. The van der Waals surface area contributed by atoms with Gasteiger partial charge < -0.3 is 0 Å². The SMILES string of the molecule is CCCN1CCc2c(n(C(C)=O)c3cc([N+](=O)[O-])ccc23)C1. The van der Waals surface area contributed by atoms with Crippen molar-refractivity contribution in [1.82, 2.24) is 9.47 Å². The highest BCUT2D eigenvalue weighted by molar-refractivity contribution is 5.96. The largest absolute Gasteiger partial charge is 0.297 e. The van der Waals surface area contributed by atoms with E-state index in [1.54, 1.807) is 10.6 Å². The molecule has 0 amide bonds. The molecule has 0 atom stereocenters. The van der Waals surface area contributed by atoms with Crippen LogP contribution in [0.4, 0.5) is 5.69 Å². The fourth-order valence-corrected chi connectivity index (χ4v) is 3.38. The average Bonchev–Trinajstić information content (AvgIpc) is 2.80. The van der Waals surface area contributed by atoms with Crippen LogP contribution in [0.5, 0.6) is 0 Å². The van der Waals surface area contributed by atoms with E-state index in [9.17, 15) is 14.9 Å². The lowest BCUT2D eigenvalue weighted by molar-refractivity contribution is -0.384. The lowest BCUT2D eigenvalue weighted by Gasteiger charge is -2.27. The molecule has 1 aromatic heterocycles. The van der Waals surface area contributed by atoms with E-state index < -0.39 is 4.92 Å². The van der Waals surface area contributed by atoms with Gasteiger partial charge in [-0.1, -0.05) is 6.92 Å². The monoisotopic (exact) mass is 301 g/mol. The van der Waals surface area contributed by atoms with Gasteiger partial charge in [-0.25, -0.2) is 0 Å². The third-order valence-corrected chi connectivity index (χ3v) is 4.28. The van der Waals surface area contributed by atoms with Gasteiger partial charge in [-0.3, -0.25) is 24.4 Å². The summed E-state index contributed by atoms with van der Waals surface area (Å²) in [4.78, 5) is 25.0. The number of aromatic nitrogens is 1. The van der Waals surface area contributed by atoms with Gasteiger partial charge >= 0.3 is 0 Å². The minimum Gasteiger partial charge on any atom is -0.297 e. The smallest absolute Gasteiger partial charge is 0.271 e. The Labute approximate surface area is 128 Å². The highest BCUT2D eigenvalue weighted by Gasteiger charge is 2.26. The Balaban J connectivity index is 2.20. The van der Waals surface area contributed by atoms with Crippen molar-refractivity contribution < 1.29 is 9.72 Å². The molecule has 22 heavy (non-hydrogen) atoms. The van der Waals surface area contributed by atoms with E-state index in [1.807, 2.05) is 0 Å². The molecular weight excluding hydrogens is 282 g/mol. The highest BCUT2D eigenvalue weighted by Crippen LogP contribution is 2.33. The number of hydrogen-bond acceptors (Lipinski definition) is 4. The third kappa shape index (κ3) is 2.29. The van der Waals surface area contributed by atoms with E-state index in [4.69, 9.17) is 0 Å². The lowest BCUT2D eigenvalue weighted by atomic mass is 10.0. The Bertz CT molecular complexity index is 764. The normalized spacial score (nSPS) is 15.0. The molecule has 0 aliphatic carbocycles. The molecule has 0 fully saturated rings. The molecule has 1 aromatic carbocycles. The molecule has 1 aliphatic rings. The Morgan fingerprint density at radius 3 is 2.82 bits per heavy atom. The summed E-state index contributed by atoms with van der Waals surface area (Å²) >= 11 is 0. The average molecular weight is 301 g/mol. The van der Waals surface area contributed by atoms with Crippen molar-refractivity contribution in [1.29, 1.82) is 0 Å². The molecule has 0 radical (unpaired) electrons. The highest BCUT2D eigenvalue weighted by atomic mass is 16.6. The number of carbonyl (C=O) groups excluding carboxylic acids is 1. The summed E-state index contributed by atoms with van der Waals surface area (Å²) in [6.07, 6.45) is 1.95. The number of carbonyl (C=O) groups is 1.